The standard InChI is InChI=1S/C16H13F6N3O2S2/c1-27-12(26)11(24-13(28)25-14-23-2-3-29-14)6-8-4-9(15(17,18)19)7-10(5-8)16(20,21)22/h2-5,7,11H,6H2,1H3,(H2,23,24,25,28)/t11-/m0/s1. The Morgan fingerprint density at radius 3 is 2.21 bits per heavy atom. The SMILES string of the molecule is COC(=O)[C@H](Cc1cc(C(F)(F)F)cc(C(F)(F)F)c1)NC(=S)Nc1nccs1. The van der Waals surface area contributed by atoms with E-state index in [0.717, 1.165) is 7.11 Å². The third-order valence-corrected chi connectivity index (χ3v) is 4.44. The first-order valence-electron chi connectivity index (χ1n) is 7.73. The zero-order chi connectivity index (χ0) is 21.8. The number of rotatable bonds is 5. The van der Waals surface area contributed by atoms with Gasteiger partial charge >= 0.3 is 18.3 Å². The molecule has 0 aliphatic carbocycles. The molecule has 5 nitrogen and oxygen atoms in total. The predicted octanol–water partition coefficient (Wildman–Crippen LogP) is 4.25. The van der Waals surface area contributed by atoms with Crippen LogP contribution in [0, 0.1) is 0 Å². The number of nitrogens with one attached hydrogen (secondary N) is 2. The van der Waals surface area contributed by atoms with Crippen molar-refractivity contribution in [3.8, 4) is 0 Å². The Balaban J connectivity index is 2.29. The molecule has 13 heteroatoms. The van der Waals surface area contributed by atoms with Crippen molar-refractivity contribution >= 4 is 39.8 Å². The first-order valence-corrected chi connectivity index (χ1v) is 9.02. The van der Waals surface area contributed by atoms with E-state index >= 15 is 0 Å². The Labute approximate surface area is 170 Å². The van der Waals surface area contributed by atoms with Gasteiger partial charge in [-0.15, -0.1) is 11.3 Å². The van der Waals surface area contributed by atoms with Gasteiger partial charge in [-0.25, -0.2) is 9.78 Å². The number of thiazole rings is 1. The van der Waals surface area contributed by atoms with Crippen molar-refractivity contribution < 1.29 is 35.9 Å². The first kappa shape index (κ1) is 22.9. The van der Waals surface area contributed by atoms with Gasteiger partial charge in [0.25, 0.3) is 0 Å². The second kappa shape index (κ2) is 8.95. The van der Waals surface area contributed by atoms with Gasteiger partial charge in [-0.05, 0) is 36.0 Å². The summed E-state index contributed by atoms with van der Waals surface area (Å²) < 4.78 is 82.6. The number of ether oxygens (including phenoxy) is 1. The highest BCUT2D eigenvalue weighted by atomic mass is 32.1. The molecular formula is C16H13F6N3O2S2. The quantitative estimate of drug-likeness (QED) is 0.398. The fraction of sp³-hybridized carbons (Fsp3) is 0.312. The molecule has 0 fully saturated rings. The Morgan fingerprint density at radius 2 is 1.76 bits per heavy atom. The number of nitrogens with zero attached hydrogens (tertiary/aromatic N) is 1. The zero-order valence-electron chi connectivity index (χ0n) is 14.5. The minimum atomic E-state index is -4.99. The molecule has 0 amide bonds. The maximum atomic E-state index is 13.0. The molecule has 0 radical (unpaired) electrons. The van der Waals surface area contributed by atoms with Crippen LogP contribution in [-0.2, 0) is 28.3 Å². The number of carbonyl (C=O) groups excluding carboxylic acids is 1. The van der Waals surface area contributed by atoms with E-state index in [1.165, 1.54) is 17.5 Å². The minimum Gasteiger partial charge on any atom is -0.467 e. The van der Waals surface area contributed by atoms with E-state index in [4.69, 9.17) is 12.2 Å². The van der Waals surface area contributed by atoms with Crippen molar-refractivity contribution in [2.45, 2.75) is 24.8 Å². The summed E-state index contributed by atoms with van der Waals surface area (Å²) in [5, 5.41) is 7.09. The Hall–Kier alpha value is -2.41. The lowest BCUT2D eigenvalue weighted by Gasteiger charge is -2.20. The molecule has 2 N–H and O–H groups in total. The average molecular weight is 457 g/mol. The number of halogens is 6. The molecule has 0 aliphatic rings. The molecule has 0 bridgehead atoms. The lowest BCUT2D eigenvalue weighted by molar-refractivity contribution is -0.143. The Kier molecular flexibility index (Phi) is 7.06. The van der Waals surface area contributed by atoms with Crippen molar-refractivity contribution in [3.63, 3.8) is 0 Å². The highest BCUT2D eigenvalue weighted by molar-refractivity contribution is 7.80. The predicted molar refractivity (Wildman–Crippen MR) is 97.4 cm³/mol. The second-order valence-corrected chi connectivity index (χ2v) is 6.93. The number of alkyl halides is 6. The summed E-state index contributed by atoms with van der Waals surface area (Å²) >= 11 is 6.20. The van der Waals surface area contributed by atoms with Gasteiger partial charge in [-0.1, -0.05) is 0 Å². The van der Waals surface area contributed by atoms with E-state index in [9.17, 15) is 31.1 Å². The van der Waals surface area contributed by atoms with E-state index in [1.54, 1.807) is 5.38 Å². The van der Waals surface area contributed by atoms with E-state index in [0.29, 0.717) is 17.3 Å². The third kappa shape index (κ3) is 6.56. The molecule has 0 saturated heterocycles. The first-order chi connectivity index (χ1) is 13.4. The maximum Gasteiger partial charge on any atom is 0.416 e. The number of anilines is 1. The minimum absolute atomic E-state index is 0.0126. The van der Waals surface area contributed by atoms with Gasteiger partial charge in [0.1, 0.15) is 6.04 Å². The topological polar surface area (TPSA) is 63.2 Å². The number of benzene rings is 1. The van der Waals surface area contributed by atoms with Gasteiger partial charge < -0.3 is 15.4 Å². The van der Waals surface area contributed by atoms with Crippen LogP contribution in [0.2, 0.25) is 0 Å². The molecule has 2 aromatic rings. The number of hydrogen-bond acceptors (Lipinski definition) is 5. The molecule has 0 spiro atoms. The van der Waals surface area contributed by atoms with Gasteiger partial charge in [0, 0.05) is 18.0 Å². The van der Waals surface area contributed by atoms with E-state index in [-0.39, 0.29) is 16.7 Å². The fourth-order valence-electron chi connectivity index (χ4n) is 2.29. The fourth-order valence-corrected chi connectivity index (χ4v) is 3.12. The lowest BCUT2D eigenvalue weighted by atomic mass is 9.99. The largest absolute Gasteiger partial charge is 0.467 e. The maximum absolute atomic E-state index is 13.0. The molecule has 1 aromatic heterocycles. The molecule has 29 heavy (non-hydrogen) atoms. The normalized spacial score (nSPS) is 12.9. The van der Waals surface area contributed by atoms with Crippen LogP contribution in [0.3, 0.4) is 0 Å². The molecule has 1 aromatic carbocycles. The second-order valence-electron chi connectivity index (χ2n) is 5.63. The molecule has 1 atom stereocenters. The van der Waals surface area contributed by atoms with Crippen LogP contribution >= 0.6 is 23.6 Å². The van der Waals surface area contributed by atoms with Crippen LogP contribution in [-0.4, -0.2) is 29.2 Å². The van der Waals surface area contributed by atoms with Crippen LogP contribution < -0.4 is 10.6 Å². The van der Waals surface area contributed by atoms with Crippen LogP contribution in [0.25, 0.3) is 0 Å². The number of aromatic nitrogens is 1. The summed E-state index contributed by atoms with van der Waals surface area (Å²) in [6, 6.07) is -0.225. The van der Waals surface area contributed by atoms with Gasteiger partial charge in [0.15, 0.2) is 10.2 Å². The molecular weight excluding hydrogens is 444 g/mol. The summed E-state index contributed by atoms with van der Waals surface area (Å²) in [6.45, 7) is 0. The summed E-state index contributed by atoms with van der Waals surface area (Å²) in [6.07, 6.45) is -9.04. The number of methoxy groups -OCH3 is 1. The number of hydrogen-bond donors (Lipinski definition) is 2. The van der Waals surface area contributed by atoms with E-state index in [1.807, 2.05) is 0 Å². The number of carbonyl (C=O) groups is 1. The number of thiocarbonyl (C=S) groups is 1. The van der Waals surface area contributed by atoms with E-state index < -0.39 is 41.9 Å². The van der Waals surface area contributed by atoms with Crippen LogP contribution in [0.1, 0.15) is 16.7 Å². The van der Waals surface area contributed by atoms with Crippen LogP contribution in [0.5, 0.6) is 0 Å². The van der Waals surface area contributed by atoms with Crippen molar-refractivity contribution in [2.24, 2.45) is 0 Å². The monoisotopic (exact) mass is 457 g/mol. The van der Waals surface area contributed by atoms with Crippen molar-refractivity contribution in [1.29, 1.82) is 0 Å². The van der Waals surface area contributed by atoms with Gasteiger partial charge in [-0.3, -0.25) is 0 Å². The summed E-state index contributed by atoms with van der Waals surface area (Å²) in [5.41, 5.74) is -3.32. The van der Waals surface area contributed by atoms with Crippen molar-refractivity contribution in [2.75, 3.05) is 12.4 Å². The molecule has 0 saturated carbocycles. The molecule has 0 unspecified atom stereocenters. The van der Waals surface area contributed by atoms with Gasteiger partial charge in [0.2, 0.25) is 0 Å². The number of esters is 1. The van der Waals surface area contributed by atoms with E-state index in [2.05, 4.69) is 20.4 Å². The van der Waals surface area contributed by atoms with Crippen molar-refractivity contribution in [3.05, 3.63) is 46.5 Å². The highest BCUT2D eigenvalue weighted by Gasteiger charge is 2.37. The molecule has 2 rings (SSSR count). The van der Waals surface area contributed by atoms with Crippen LogP contribution in [0.15, 0.2) is 29.8 Å². The average Bonchev–Trinajstić information content (AvgIpc) is 3.11. The summed E-state index contributed by atoms with van der Waals surface area (Å²) in [7, 11) is 1.03. The molecule has 1 heterocycles. The van der Waals surface area contributed by atoms with Gasteiger partial charge in [0.05, 0.1) is 18.2 Å². The Bertz CT molecular complexity index is 836. The van der Waals surface area contributed by atoms with Crippen molar-refractivity contribution in [1.82, 2.24) is 10.3 Å². The highest BCUT2D eigenvalue weighted by Crippen LogP contribution is 2.36. The summed E-state index contributed by atoms with van der Waals surface area (Å²) in [4.78, 5) is 15.9. The smallest absolute Gasteiger partial charge is 0.416 e. The van der Waals surface area contributed by atoms with Crippen LogP contribution in [0.4, 0.5) is 31.5 Å². The summed E-state index contributed by atoms with van der Waals surface area (Å²) in [5.74, 6) is -0.917. The zero-order valence-corrected chi connectivity index (χ0v) is 16.2. The Morgan fingerprint density at radius 1 is 1.17 bits per heavy atom. The van der Waals surface area contributed by atoms with Gasteiger partial charge in [-0.2, -0.15) is 26.3 Å². The third-order valence-electron chi connectivity index (χ3n) is 3.53. The molecule has 158 valence electrons. The lowest BCUT2D eigenvalue weighted by Crippen LogP contribution is -2.44. The molecule has 0 aliphatic heterocycles.